The lowest BCUT2D eigenvalue weighted by molar-refractivity contribution is 0.102. The molecule has 9 heteroatoms. The Hall–Kier alpha value is -3.09. The molecule has 3 rings (SSSR count). The summed E-state index contributed by atoms with van der Waals surface area (Å²) in [6, 6.07) is 12.4. The molecule has 2 aromatic rings. The van der Waals surface area contributed by atoms with Gasteiger partial charge in [-0.1, -0.05) is 0 Å². The zero-order chi connectivity index (χ0) is 18.6. The average molecular weight is 373 g/mol. The Morgan fingerprint density at radius 2 is 1.85 bits per heavy atom. The molecule has 0 saturated carbocycles. The number of amides is 1. The van der Waals surface area contributed by atoms with Crippen LogP contribution in [0.4, 0.5) is 5.69 Å². The van der Waals surface area contributed by atoms with Crippen LogP contribution in [0.25, 0.3) is 0 Å². The number of carbonyl (C=O) groups excluding carboxylic acids is 1. The molecule has 2 aromatic carbocycles. The minimum absolute atomic E-state index is 0.0232. The lowest BCUT2D eigenvalue weighted by atomic mass is 10.2. The molecule has 0 spiro atoms. The SMILES string of the molecule is N#CCCNS(=O)(=O)c1ccc(C(=O)Nc2ccc3c(c2)OCO3)cc1. The van der Waals surface area contributed by atoms with Crippen molar-refractivity contribution in [2.45, 2.75) is 11.3 Å². The summed E-state index contributed by atoms with van der Waals surface area (Å²) in [6.45, 7) is 0.177. The fourth-order valence-electron chi connectivity index (χ4n) is 2.29. The minimum Gasteiger partial charge on any atom is -0.454 e. The normalized spacial score (nSPS) is 12.4. The van der Waals surface area contributed by atoms with Crippen LogP contribution < -0.4 is 19.5 Å². The van der Waals surface area contributed by atoms with Gasteiger partial charge in [-0.15, -0.1) is 0 Å². The molecule has 2 N–H and O–H groups in total. The van der Waals surface area contributed by atoms with Gasteiger partial charge in [-0.3, -0.25) is 4.79 Å². The Bertz CT molecular complexity index is 965. The number of hydrogen-bond acceptors (Lipinski definition) is 6. The molecule has 0 atom stereocenters. The first-order valence-electron chi connectivity index (χ1n) is 7.67. The van der Waals surface area contributed by atoms with Gasteiger partial charge in [-0.2, -0.15) is 5.26 Å². The van der Waals surface area contributed by atoms with Gasteiger partial charge in [0.15, 0.2) is 11.5 Å². The van der Waals surface area contributed by atoms with Crippen LogP contribution >= 0.6 is 0 Å². The Balaban J connectivity index is 1.68. The van der Waals surface area contributed by atoms with E-state index in [0.29, 0.717) is 22.7 Å². The van der Waals surface area contributed by atoms with Crippen LogP contribution in [0.15, 0.2) is 47.4 Å². The largest absolute Gasteiger partial charge is 0.454 e. The van der Waals surface area contributed by atoms with Gasteiger partial charge < -0.3 is 14.8 Å². The second-order valence-corrected chi connectivity index (χ2v) is 7.12. The quantitative estimate of drug-likeness (QED) is 0.746. The van der Waals surface area contributed by atoms with Crippen molar-refractivity contribution in [3.63, 3.8) is 0 Å². The maximum atomic E-state index is 12.3. The third-order valence-corrected chi connectivity index (χ3v) is 5.06. The van der Waals surface area contributed by atoms with Crippen LogP contribution in [0.1, 0.15) is 16.8 Å². The molecule has 1 aliphatic heterocycles. The van der Waals surface area contributed by atoms with Crippen LogP contribution in [0.2, 0.25) is 0 Å². The first-order valence-corrected chi connectivity index (χ1v) is 9.15. The number of nitrogens with zero attached hydrogens (tertiary/aromatic N) is 1. The molecule has 1 heterocycles. The van der Waals surface area contributed by atoms with E-state index in [2.05, 4.69) is 10.0 Å². The highest BCUT2D eigenvalue weighted by atomic mass is 32.2. The van der Waals surface area contributed by atoms with Gasteiger partial charge in [0.2, 0.25) is 16.8 Å². The molecule has 0 saturated heterocycles. The molecule has 26 heavy (non-hydrogen) atoms. The summed E-state index contributed by atoms with van der Waals surface area (Å²) in [7, 11) is -3.70. The van der Waals surface area contributed by atoms with Gasteiger partial charge in [-0.25, -0.2) is 13.1 Å². The highest BCUT2D eigenvalue weighted by Crippen LogP contribution is 2.34. The topological polar surface area (TPSA) is 118 Å². The molecular weight excluding hydrogens is 358 g/mol. The monoisotopic (exact) mass is 373 g/mol. The third kappa shape index (κ3) is 3.93. The summed E-state index contributed by atoms with van der Waals surface area (Å²) < 4.78 is 36.9. The smallest absolute Gasteiger partial charge is 0.255 e. The zero-order valence-corrected chi connectivity index (χ0v) is 14.4. The van der Waals surface area contributed by atoms with Gasteiger partial charge in [0.25, 0.3) is 5.91 Å². The fraction of sp³-hybridized carbons (Fsp3) is 0.176. The van der Waals surface area contributed by atoms with Gasteiger partial charge in [-0.05, 0) is 36.4 Å². The molecule has 0 unspecified atom stereocenters. The summed E-state index contributed by atoms with van der Waals surface area (Å²) in [5.74, 6) is 0.777. The third-order valence-electron chi connectivity index (χ3n) is 3.59. The van der Waals surface area contributed by atoms with E-state index in [1.54, 1.807) is 18.2 Å². The van der Waals surface area contributed by atoms with Crippen molar-refractivity contribution in [2.75, 3.05) is 18.7 Å². The van der Waals surface area contributed by atoms with Crippen molar-refractivity contribution in [3.8, 4) is 17.6 Å². The summed E-state index contributed by atoms with van der Waals surface area (Å²) in [4.78, 5) is 12.3. The average Bonchev–Trinajstić information content (AvgIpc) is 3.10. The van der Waals surface area contributed by atoms with E-state index in [0.717, 1.165) is 0 Å². The highest BCUT2D eigenvalue weighted by molar-refractivity contribution is 7.89. The van der Waals surface area contributed by atoms with Crippen LogP contribution in [-0.4, -0.2) is 27.7 Å². The van der Waals surface area contributed by atoms with E-state index < -0.39 is 10.0 Å². The number of rotatable bonds is 6. The number of hydrogen-bond donors (Lipinski definition) is 2. The summed E-state index contributed by atoms with van der Waals surface area (Å²) in [6.07, 6.45) is 0.0786. The second-order valence-electron chi connectivity index (χ2n) is 5.35. The number of anilines is 1. The summed E-state index contributed by atoms with van der Waals surface area (Å²) in [5.41, 5.74) is 0.841. The van der Waals surface area contributed by atoms with E-state index in [4.69, 9.17) is 14.7 Å². The molecule has 8 nitrogen and oxygen atoms in total. The number of fused-ring (bicyclic) bond motifs is 1. The van der Waals surface area contributed by atoms with Gasteiger partial charge in [0.05, 0.1) is 11.0 Å². The zero-order valence-electron chi connectivity index (χ0n) is 13.6. The molecule has 0 bridgehead atoms. The van der Waals surface area contributed by atoms with Crippen molar-refractivity contribution in [1.82, 2.24) is 4.72 Å². The van der Waals surface area contributed by atoms with Gasteiger partial charge in [0.1, 0.15) is 0 Å². The lowest BCUT2D eigenvalue weighted by Crippen LogP contribution is -2.24. The Labute approximate surface area is 150 Å². The summed E-state index contributed by atoms with van der Waals surface area (Å²) >= 11 is 0. The maximum absolute atomic E-state index is 12.3. The molecule has 0 aliphatic carbocycles. The fourth-order valence-corrected chi connectivity index (χ4v) is 3.32. The molecule has 1 amide bonds. The molecule has 0 fully saturated rings. The van der Waals surface area contributed by atoms with Crippen molar-refractivity contribution in [3.05, 3.63) is 48.0 Å². The number of carbonyl (C=O) groups is 1. The second kappa shape index (κ2) is 7.43. The molecular formula is C17H15N3O5S. The van der Waals surface area contributed by atoms with Gasteiger partial charge >= 0.3 is 0 Å². The maximum Gasteiger partial charge on any atom is 0.255 e. The van der Waals surface area contributed by atoms with Crippen LogP contribution in [0.5, 0.6) is 11.5 Å². The lowest BCUT2D eigenvalue weighted by Gasteiger charge is -2.08. The number of nitriles is 1. The standard InChI is InChI=1S/C17H15N3O5S/c18-8-1-9-19-26(22,23)14-5-2-12(3-6-14)17(21)20-13-4-7-15-16(10-13)25-11-24-15/h2-7,10,19H,1,9,11H2,(H,20,21). The van der Waals surface area contributed by atoms with E-state index >= 15 is 0 Å². The van der Waals surface area contributed by atoms with Gasteiger partial charge in [0, 0.05) is 30.3 Å². The van der Waals surface area contributed by atoms with E-state index in [-0.39, 0.29) is 30.6 Å². The Kier molecular flexibility index (Phi) is 5.06. The van der Waals surface area contributed by atoms with Crippen LogP contribution in [0.3, 0.4) is 0 Å². The van der Waals surface area contributed by atoms with E-state index in [1.165, 1.54) is 24.3 Å². The summed E-state index contributed by atoms with van der Waals surface area (Å²) in [5, 5.41) is 11.2. The minimum atomic E-state index is -3.70. The van der Waals surface area contributed by atoms with E-state index in [1.807, 2.05) is 6.07 Å². The predicted octanol–water partition coefficient (Wildman–Crippen LogP) is 1.86. The van der Waals surface area contributed by atoms with Crippen molar-refractivity contribution in [2.24, 2.45) is 0 Å². The number of benzene rings is 2. The number of nitrogens with one attached hydrogen (secondary N) is 2. The Morgan fingerprint density at radius 3 is 2.58 bits per heavy atom. The number of sulfonamides is 1. The highest BCUT2D eigenvalue weighted by Gasteiger charge is 2.16. The predicted molar refractivity (Wildman–Crippen MR) is 92.4 cm³/mol. The van der Waals surface area contributed by atoms with Crippen molar-refractivity contribution >= 4 is 21.6 Å². The number of ether oxygens (including phenoxy) is 2. The molecule has 134 valence electrons. The van der Waals surface area contributed by atoms with Crippen molar-refractivity contribution < 1.29 is 22.7 Å². The van der Waals surface area contributed by atoms with Crippen LogP contribution in [-0.2, 0) is 10.0 Å². The Morgan fingerprint density at radius 1 is 1.12 bits per heavy atom. The molecule has 1 aliphatic rings. The van der Waals surface area contributed by atoms with E-state index in [9.17, 15) is 13.2 Å². The van der Waals surface area contributed by atoms with Crippen molar-refractivity contribution in [1.29, 1.82) is 5.26 Å². The first-order chi connectivity index (χ1) is 12.5. The molecule has 0 radical (unpaired) electrons. The van der Waals surface area contributed by atoms with Crippen LogP contribution in [0, 0.1) is 11.3 Å². The first kappa shape index (κ1) is 17.7. The molecule has 0 aromatic heterocycles.